The van der Waals surface area contributed by atoms with Gasteiger partial charge in [0.25, 0.3) is 0 Å². The van der Waals surface area contributed by atoms with E-state index in [9.17, 15) is 14.7 Å². The molecule has 0 unspecified atom stereocenters. The summed E-state index contributed by atoms with van der Waals surface area (Å²) in [6.07, 6.45) is 1.04. The molecular formula is C26H30N2O5. The predicted molar refractivity (Wildman–Crippen MR) is 127 cm³/mol. The lowest BCUT2D eigenvalue weighted by Crippen LogP contribution is -2.33. The Bertz CT molecular complexity index is 1260. The minimum atomic E-state index is -0.826. The molecule has 7 nitrogen and oxygen atoms in total. The number of aliphatic hydroxyl groups is 2. The molecule has 1 aromatic heterocycles. The van der Waals surface area contributed by atoms with E-state index in [1.807, 2.05) is 0 Å². The Labute approximate surface area is 192 Å². The van der Waals surface area contributed by atoms with E-state index in [2.05, 4.69) is 38.0 Å². The molecule has 0 fully saturated rings. The Morgan fingerprint density at radius 2 is 1.70 bits per heavy atom. The van der Waals surface area contributed by atoms with E-state index in [0.29, 0.717) is 23.0 Å². The van der Waals surface area contributed by atoms with Crippen LogP contribution in [0, 0.1) is 27.7 Å². The first-order valence-electron chi connectivity index (χ1n) is 11.2. The zero-order valence-electron chi connectivity index (χ0n) is 19.4. The third-order valence-corrected chi connectivity index (χ3v) is 7.06. The zero-order chi connectivity index (χ0) is 23.9. The molecular weight excluding hydrogens is 420 g/mol. The minimum Gasteiger partial charge on any atom is -0.423 e. The Morgan fingerprint density at radius 1 is 1.06 bits per heavy atom. The Kier molecular flexibility index (Phi) is 6.38. The topological polar surface area (TPSA) is 112 Å². The average Bonchev–Trinajstić information content (AvgIpc) is 3.24. The van der Waals surface area contributed by atoms with Crippen LogP contribution in [0.5, 0.6) is 5.75 Å². The van der Waals surface area contributed by atoms with Gasteiger partial charge in [0.1, 0.15) is 6.61 Å². The number of aliphatic hydroxyl groups excluding tert-OH is 2. The van der Waals surface area contributed by atoms with E-state index < -0.39 is 18.7 Å². The van der Waals surface area contributed by atoms with Crippen molar-refractivity contribution in [2.24, 2.45) is 0 Å². The van der Waals surface area contributed by atoms with Gasteiger partial charge in [-0.2, -0.15) is 0 Å². The van der Waals surface area contributed by atoms with Gasteiger partial charge in [0.05, 0.1) is 11.6 Å². The Hall–Kier alpha value is -3.00. The lowest BCUT2D eigenvalue weighted by atomic mass is 9.90. The number of esters is 1. The van der Waals surface area contributed by atoms with Gasteiger partial charge in [0.2, 0.25) is 5.56 Å². The number of pyridine rings is 1. The van der Waals surface area contributed by atoms with Gasteiger partial charge < -0.3 is 25.3 Å². The maximum atomic E-state index is 11.9. The summed E-state index contributed by atoms with van der Waals surface area (Å²) in [6.45, 7) is 8.32. The van der Waals surface area contributed by atoms with Crippen LogP contribution in [0.2, 0.25) is 0 Å². The van der Waals surface area contributed by atoms with Crippen molar-refractivity contribution < 1.29 is 19.7 Å². The molecule has 0 bridgehead atoms. The fourth-order valence-corrected chi connectivity index (χ4v) is 4.90. The van der Waals surface area contributed by atoms with Gasteiger partial charge in [-0.3, -0.25) is 4.79 Å². The molecule has 0 spiro atoms. The molecule has 0 radical (unpaired) electrons. The highest BCUT2D eigenvalue weighted by molar-refractivity contribution is 5.90. The number of carbonyl (C=O) groups excluding carboxylic acids is 1. The summed E-state index contributed by atoms with van der Waals surface area (Å²) < 4.78 is 5.13. The van der Waals surface area contributed by atoms with Crippen LogP contribution in [0.15, 0.2) is 29.1 Å². The van der Waals surface area contributed by atoms with Crippen LogP contribution >= 0.6 is 0 Å². The monoisotopic (exact) mass is 450 g/mol. The van der Waals surface area contributed by atoms with E-state index in [0.717, 1.165) is 12.8 Å². The predicted octanol–water partition coefficient (Wildman–Crippen LogP) is 2.45. The van der Waals surface area contributed by atoms with Crippen molar-refractivity contribution in [1.29, 1.82) is 0 Å². The van der Waals surface area contributed by atoms with Crippen molar-refractivity contribution in [2.45, 2.75) is 52.7 Å². The molecule has 4 rings (SSSR count). The van der Waals surface area contributed by atoms with E-state index in [-0.39, 0.29) is 17.4 Å². The molecule has 2 aromatic carbocycles. The number of ether oxygens (including phenoxy) is 1. The normalized spacial score (nSPS) is 14.5. The Morgan fingerprint density at radius 3 is 2.30 bits per heavy atom. The molecule has 0 saturated carbocycles. The number of benzene rings is 2. The number of hydrogen-bond acceptors (Lipinski definition) is 6. The maximum Gasteiger partial charge on any atom is 0.337 e. The van der Waals surface area contributed by atoms with Crippen molar-refractivity contribution in [3.05, 3.63) is 73.6 Å². The number of fused-ring (bicyclic) bond motifs is 2. The summed E-state index contributed by atoms with van der Waals surface area (Å²) >= 11 is 0. The van der Waals surface area contributed by atoms with Crippen LogP contribution in [0.4, 0.5) is 0 Å². The largest absolute Gasteiger partial charge is 0.423 e. The molecule has 1 atom stereocenters. The van der Waals surface area contributed by atoms with Crippen molar-refractivity contribution in [1.82, 2.24) is 10.3 Å². The SMILES string of the molecule is Cc1c(C)c(C)c2c(c1C)CC(NC[C@@H](O)c1ccc(OC(=O)CO)c3[nH]c(=O)ccc13)C2. The number of aromatic amines is 1. The minimum absolute atomic E-state index is 0.133. The highest BCUT2D eigenvalue weighted by atomic mass is 16.5. The highest BCUT2D eigenvalue weighted by Crippen LogP contribution is 2.34. The van der Waals surface area contributed by atoms with Crippen LogP contribution in [0.3, 0.4) is 0 Å². The average molecular weight is 451 g/mol. The van der Waals surface area contributed by atoms with E-state index in [4.69, 9.17) is 9.84 Å². The molecule has 4 N–H and O–H groups in total. The van der Waals surface area contributed by atoms with Crippen LogP contribution < -0.4 is 15.6 Å². The second-order valence-corrected chi connectivity index (χ2v) is 8.88. The quantitative estimate of drug-likeness (QED) is 0.339. The molecule has 0 saturated heterocycles. The lowest BCUT2D eigenvalue weighted by molar-refractivity contribution is -0.137. The number of H-pyrrole nitrogens is 1. The molecule has 3 aromatic rings. The summed E-state index contributed by atoms with van der Waals surface area (Å²) in [6, 6.07) is 6.41. The third-order valence-electron chi connectivity index (χ3n) is 7.06. The second kappa shape index (κ2) is 9.09. The summed E-state index contributed by atoms with van der Waals surface area (Å²) in [5, 5.41) is 24.0. The first-order chi connectivity index (χ1) is 15.7. The van der Waals surface area contributed by atoms with Crippen molar-refractivity contribution >= 4 is 16.9 Å². The molecule has 1 aliphatic carbocycles. The summed E-state index contributed by atoms with van der Waals surface area (Å²) in [7, 11) is 0. The third kappa shape index (κ3) is 4.31. The van der Waals surface area contributed by atoms with Gasteiger partial charge >= 0.3 is 5.97 Å². The van der Waals surface area contributed by atoms with E-state index in [1.54, 1.807) is 12.1 Å². The standard InChI is InChI=1S/C26H30N2O5/c1-13-14(2)16(4)21-10-17(9-20(21)15(13)3)27-11-22(30)18-5-7-23(33-25(32)12-29)26-19(18)6-8-24(31)28-26/h5-8,17,22,27,29-30H,9-12H2,1-4H3,(H,28,31)/t22-/m1/s1. The molecule has 7 heteroatoms. The van der Waals surface area contributed by atoms with Crippen LogP contribution in [-0.2, 0) is 17.6 Å². The molecule has 0 aliphatic heterocycles. The highest BCUT2D eigenvalue weighted by Gasteiger charge is 2.27. The van der Waals surface area contributed by atoms with Crippen LogP contribution in [-0.4, -0.2) is 40.4 Å². The molecule has 0 amide bonds. The number of carbonyl (C=O) groups is 1. The fraction of sp³-hybridized carbons (Fsp3) is 0.385. The summed E-state index contributed by atoms with van der Waals surface area (Å²) in [5.41, 5.74) is 8.85. The first kappa shape index (κ1) is 23.2. The molecule has 174 valence electrons. The molecule has 1 aliphatic rings. The lowest BCUT2D eigenvalue weighted by Gasteiger charge is -2.19. The molecule has 1 heterocycles. The summed E-state index contributed by atoms with van der Waals surface area (Å²) in [4.78, 5) is 26.1. The number of nitrogens with one attached hydrogen (secondary N) is 2. The van der Waals surface area contributed by atoms with Crippen molar-refractivity contribution in [2.75, 3.05) is 13.2 Å². The van der Waals surface area contributed by atoms with Gasteiger partial charge in [-0.15, -0.1) is 0 Å². The van der Waals surface area contributed by atoms with Crippen molar-refractivity contribution in [3.8, 4) is 5.75 Å². The van der Waals surface area contributed by atoms with Crippen LogP contribution in [0.25, 0.3) is 10.9 Å². The van der Waals surface area contributed by atoms with Gasteiger partial charge in [0.15, 0.2) is 5.75 Å². The number of hydrogen-bond donors (Lipinski definition) is 4. The smallest absolute Gasteiger partial charge is 0.337 e. The molecule has 33 heavy (non-hydrogen) atoms. The van der Waals surface area contributed by atoms with Gasteiger partial charge in [-0.05, 0) is 91.6 Å². The second-order valence-electron chi connectivity index (χ2n) is 8.88. The number of rotatable bonds is 6. The maximum absolute atomic E-state index is 11.9. The first-order valence-corrected chi connectivity index (χ1v) is 11.2. The summed E-state index contributed by atoms with van der Waals surface area (Å²) in [5.74, 6) is -0.693. The van der Waals surface area contributed by atoms with E-state index in [1.165, 1.54) is 45.5 Å². The van der Waals surface area contributed by atoms with Crippen molar-refractivity contribution in [3.63, 3.8) is 0 Å². The van der Waals surface area contributed by atoms with Gasteiger partial charge in [0, 0.05) is 24.0 Å². The van der Waals surface area contributed by atoms with Gasteiger partial charge in [-0.1, -0.05) is 6.07 Å². The van der Waals surface area contributed by atoms with Gasteiger partial charge in [-0.25, -0.2) is 4.79 Å². The number of aromatic nitrogens is 1. The zero-order valence-corrected chi connectivity index (χ0v) is 19.4. The van der Waals surface area contributed by atoms with E-state index >= 15 is 0 Å². The fourth-order valence-electron chi connectivity index (χ4n) is 4.90. The van der Waals surface area contributed by atoms with Crippen LogP contribution in [0.1, 0.15) is 45.0 Å². The Balaban J connectivity index is 1.54.